The van der Waals surface area contributed by atoms with Crippen LogP contribution in [0.3, 0.4) is 0 Å². The van der Waals surface area contributed by atoms with Gasteiger partial charge >= 0.3 is 0 Å². The molecular formula is C18H18N4O3S. The average Bonchev–Trinajstić information content (AvgIpc) is 3.08. The third-order valence-corrected chi connectivity index (χ3v) is 4.18. The quantitative estimate of drug-likeness (QED) is 0.620. The second-order valence-electron chi connectivity index (χ2n) is 5.85. The first-order chi connectivity index (χ1) is 12.4. The molecule has 7 nitrogen and oxygen atoms in total. The Kier molecular flexibility index (Phi) is 5.04. The van der Waals surface area contributed by atoms with Crippen molar-refractivity contribution in [3.8, 4) is 11.3 Å². The number of hydrogen-bond acceptors (Lipinski definition) is 4. The molecule has 0 saturated carbocycles. The number of sulfonamides is 1. The standard InChI is InChI=1S/C18H18N4O3S/c1-26(24,25)22-16-4-2-3-13(11-16)12-18(23)20-15-7-5-14(6-8-15)17-9-10-19-21-17/h2-11,22H,12H2,1H3,(H,19,21)(H,20,23). The van der Waals surface area contributed by atoms with Gasteiger partial charge in [0.15, 0.2) is 0 Å². The summed E-state index contributed by atoms with van der Waals surface area (Å²) in [6.07, 6.45) is 2.90. The van der Waals surface area contributed by atoms with Crippen molar-refractivity contribution in [3.05, 3.63) is 66.4 Å². The predicted molar refractivity (Wildman–Crippen MR) is 101 cm³/mol. The third-order valence-electron chi connectivity index (χ3n) is 3.58. The molecule has 8 heteroatoms. The van der Waals surface area contributed by atoms with Gasteiger partial charge in [0, 0.05) is 17.6 Å². The number of aromatic amines is 1. The maximum Gasteiger partial charge on any atom is 0.229 e. The fourth-order valence-electron chi connectivity index (χ4n) is 2.50. The minimum Gasteiger partial charge on any atom is -0.326 e. The van der Waals surface area contributed by atoms with Gasteiger partial charge in [0.05, 0.1) is 18.4 Å². The number of rotatable bonds is 6. The Hall–Kier alpha value is -3.13. The van der Waals surface area contributed by atoms with E-state index in [1.807, 2.05) is 30.3 Å². The molecule has 3 aromatic rings. The molecule has 3 N–H and O–H groups in total. The molecule has 0 aliphatic heterocycles. The van der Waals surface area contributed by atoms with E-state index in [0.717, 1.165) is 17.5 Å². The van der Waals surface area contributed by atoms with Gasteiger partial charge in [-0.05, 0) is 41.5 Å². The number of aromatic nitrogens is 2. The first kappa shape index (κ1) is 17.7. The van der Waals surface area contributed by atoms with Crippen molar-refractivity contribution in [1.82, 2.24) is 10.2 Å². The number of benzene rings is 2. The fourth-order valence-corrected chi connectivity index (χ4v) is 3.05. The molecule has 2 aromatic carbocycles. The minimum atomic E-state index is -3.35. The molecule has 0 bridgehead atoms. The number of H-pyrrole nitrogens is 1. The van der Waals surface area contributed by atoms with Crippen LogP contribution in [0.25, 0.3) is 11.3 Å². The second kappa shape index (κ2) is 7.40. The first-order valence-electron chi connectivity index (χ1n) is 7.85. The van der Waals surface area contributed by atoms with Crippen LogP contribution in [0.2, 0.25) is 0 Å². The third kappa shape index (κ3) is 4.93. The molecular weight excluding hydrogens is 352 g/mol. The van der Waals surface area contributed by atoms with Crippen molar-refractivity contribution in [1.29, 1.82) is 0 Å². The SMILES string of the molecule is CS(=O)(=O)Nc1cccc(CC(=O)Nc2ccc(-c3ccn[nH]3)cc2)c1. The lowest BCUT2D eigenvalue weighted by Gasteiger charge is -2.08. The molecule has 0 spiro atoms. The minimum absolute atomic E-state index is 0.140. The summed E-state index contributed by atoms with van der Waals surface area (Å²) in [5.41, 5.74) is 3.70. The van der Waals surface area contributed by atoms with E-state index in [2.05, 4.69) is 20.2 Å². The summed E-state index contributed by atoms with van der Waals surface area (Å²) in [6.45, 7) is 0. The van der Waals surface area contributed by atoms with Crippen LogP contribution >= 0.6 is 0 Å². The van der Waals surface area contributed by atoms with E-state index in [0.29, 0.717) is 16.9 Å². The van der Waals surface area contributed by atoms with Crippen LogP contribution in [-0.4, -0.2) is 30.8 Å². The second-order valence-corrected chi connectivity index (χ2v) is 7.60. The zero-order valence-corrected chi connectivity index (χ0v) is 14.9. The summed E-state index contributed by atoms with van der Waals surface area (Å²) in [4.78, 5) is 12.2. The zero-order valence-electron chi connectivity index (χ0n) is 14.1. The van der Waals surface area contributed by atoms with Gasteiger partial charge in [0.25, 0.3) is 0 Å². The summed E-state index contributed by atoms with van der Waals surface area (Å²) in [5, 5.41) is 9.62. The number of nitrogens with one attached hydrogen (secondary N) is 3. The molecule has 26 heavy (non-hydrogen) atoms. The number of carbonyl (C=O) groups excluding carboxylic acids is 1. The summed E-state index contributed by atoms with van der Waals surface area (Å²) in [6, 6.07) is 16.0. The predicted octanol–water partition coefficient (Wildman–Crippen LogP) is 2.63. The van der Waals surface area contributed by atoms with Crippen LogP contribution < -0.4 is 10.0 Å². The Morgan fingerprint density at radius 3 is 2.50 bits per heavy atom. The van der Waals surface area contributed by atoms with Gasteiger partial charge in [-0.2, -0.15) is 5.10 Å². The van der Waals surface area contributed by atoms with E-state index in [1.165, 1.54) is 0 Å². The van der Waals surface area contributed by atoms with Crippen molar-refractivity contribution >= 4 is 27.3 Å². The normalized spacial score (nSPS) is 11.1. The van der Waals surface area contributed by atoms with Crippen molar-refractivity contribution in [2.45, 2.75) is 6.42 Å². The first-order valence-corrected chi connectivity index (χ1v) is 9.74. The maximum atomic E-state index is 12.2. The largest absolute Gasteiger partial charge is 0.326 e. The van der Waals surface area contributed by atoms with E-state index < -0.39 is 10.0 Å². The van der Waals surface area contributed by atoms with Gasteiger partial charge in [-0.25, -0.2) is 8.42 Å². The molecule has 1 heterocycles. The van der Waals surface area contributed by atoms with Crippen LogP contribution in [0.5, 0.6) is 0 Å². The van der Waals surface area contributed by atoms with Crippen LogP contribution in [-0.2, 0) is 21.2 Å². The highest BCUT2D eigenvalue weighted by Crippen LogP contribution is 2.19. The average molecular weight is 370 g/mol. The van der Waals surface area contributed by atoms with Gasteiger partial charge in [0.2, 0.25) is 15.9 Å². The van der Waals surface area contributed by atoms with Gasteiger partial charge in [-0.3, -0.25) is 14.6 Å². The highest BCUT2D eigenvalue weighted by molar-refractivity contribution is 7.92. The molecule has 0 aliphatic carbocycles. The topological polar surface area (TPSA) is 104 Å². The van der Waals surface area contributed by atoms with E-state index in [9.17, 15) is 13.2 Å². The summed E-state index contributed by atoms with van der Waals surface area (Å²) >= 11 is 0. The Morgan fingerprint density at radius 2 is 1.85 bits per heavy atom. The van der Waals surface area contributed by atoms with Crippen LogP contribution in [0.15, 0.2) is 60.8 Å². The number of anilines is 2. The molecule has 0 fully saturated rings. The van der Waals surface area contributed by atoms with Crippen molar-refractivity contribution < 1.29 is 13.2 Å². The molecule has 0 saturated heterocycles. The molecule has 0 aliphatic rings. The Morgan fingerprint density at radius 1 is 1.08 bits per heavy atom. The number of amides is 1. The smallest absolute Gasteiger partial charge is 0.229 e. The monoisotopic (exact) mass is 370 g/mol. The van der Waals surface area contributed by atoms with E-state index in [1.54, 1.807) is 30.5 Å². The molecule has 0 radical (unpaired) electrons. The Bertz CT molecular complexity index is 997. The number of hydrogen-bond donors (Lipinski definition) is 3. The zero-order chi connectivity index (χ0) is 18.6. The highest BCUT2D eigenvalue weighted by atomic mass is 32.2. The highest BCUT2D eigenvalue weighted by Gasteiger charge is 2.07. The molecule has 134 valence electrons. The Labute approximate surface area is 151 Å². The van der Waals surface area contributed by atoms with E-state index in [4.69, 9.17) is 0 Å². The van der Waals surface area contributed by atoms with Crippen molar-refractivity contribution in [3.63, 3.8) is 0 Å². The van der Waals surface area contributed by atoms with E-state index >= 15 is 0 Å². The molecule has 1 aromatic heterocycles. The van der Waals surface area contributed by atoms with Gasteiger partial charge in [-0.1, -0.05) is 24.3 Å². The molecule has 0 atom stereocenters. The Balaban J connectivity index is 1.63. The molecule has 1 amide bonds. The lowest BCUT2D eigenvalue weighted by Crippen LogP contribution is -2.15. The number of nitrogens with zero attached hydrogens (tertiary/aromatic N) is 1. The fraction of sp³-hybridized carbons (Fsp3) is 0.111. The van der Waals surface area contributed by atoms with Gasteiger partial charge < -0.3 is 5.32 Å². The summed E-state index contributed by atoms with van der Waals surface area (Å²) < 4.78 is 25.0. The van der Waals surface area contributed by atoms with Crippen LogP contribution in [0.1, 0.15) is 5.56 Å². The van der Waals surface area contributed by atoms with Crippen molar-refractivity contribution in [2.24, 2.45) is 0 Å². The molecule has 0 unspecified atom stereocenters. The van der Waals surface area contributed by atoms with Gasteiger partial charge in [0.1, 0.15) is 0 Å². The van der Waals surface area contributed by atoms with Crippen molar-refractivity contribution in [2.75, 3.05) is 16.3 Å². The van der Waals surface area contributed by atoms with Crippen LogP contribution in [0, 0.1) is 0 Å². The summed E-state index contributed by atoms with van der Waals surface area (Å²) in [7, 11) is -3.35. The van der Waals surface area contributed by atoms with Gasteiger partial charge in [-0.15, -0.1) is 0 Å². The summed E-state index contributed by atoms with van der Waals surface area (Å²) in [5.74, 6) is -0.184. The van der Waals surface area contributed by atoms with E-state index in [-0.39, 0.29) is 12.3 Å². The molecule has 3 rings (SSSR count). The van der Waals surface area contributed by atoms with Crippen LogP contribution in [0.4, 0.5) is 11.4 Å². The lowest BCUT2D eigenvalue weighted by atomic mass is 10.1. The maximum absolute atomic E-state index is 12.2. The lowest BCUT2D eigenvalue weighted by molar-refractivity contribution is -0.115. The number of carbonyl (C=O) groups is 1.